The van der Waals surface area contributed by atoms with E-state index < -0.39 is 0 Å². The quantitative estimate of drug-likeness (QED) is 0.406. The van der Waals surface area contributed by atoms with Crippen LogP contribution >= 0.6 is 23.1 Å². The first kappa shape index (κ1) is 20.4. The molecular weight excluding hydrogens is 400 g/mol. The van der Waals surface area contributed by atoms with Crippen LogP contribution < -0.4 is 5.32 Å². The third kappa shape index (κ3) is 4.67. The molecule has 4 rings (SSSR count). The average molecular weight is 429 g/mol. The zero-order valence-electron chi connectivity index (χ0n) is 17.1. The highest BCUT2D eigenvalue weighted by atomic mass is 32.2. The van der Waals surface area contributed by atoms with E-state index in [9.17, 15) is 4.79 Å². The van der Waals surface area contributed by atoms with Crippen molar-refractivity contribution in [2.45, 2.75) is 69.6 Å². The Hall–Kier alpha value is -1.86. The molecule has 0 radical (unpaired) electrons. The minimum atomic E-state index is 0.0998. The summed E-state index contributed by atoms with van der Waals surface area (Å²) >= 11 is 3.21. The monoisotopic (exact) mass is 428 g/mol. The second kappa shape index (κ2) is 9.30. The summed E-state index contributed by atoms with van der Waals surface area (Å²) in [6.07, 6.45) is 7.23. The number of carbonyl (C=O) groups is 1. The first-order chi connectivity index (χ1) is 14.1. The molecule has 5 nitrogen and oxygen atoms in total. The molecule has 1 aromatic carbocycles. The predicted octanol–water partition coefficient (Wildman–Crippen LogP) is 5.67. The molecule has 0 saturated heterocycles. The van der Waals surface area contributed by atoms with Crippen LogP contribution in [0.3, 0.4) is 0 Å². The number of rotatable bonds is 6. The van der Waals surface area contributed by atoms with Crippen LogP contribution in [0.2, 0.25) is 0 Å². The molecule has 154 valence electrons. The van der Waals surface area contributed by atoms with E-state index in [2.05, 4.69) is 63.6 Å². The highest BCUT2D eigenvalue weighted by Crippen LogP contribution is 2.35. The Bertz CT molecular complexity index is 970. The summed E-state index contributed by atoms with van der Waals surface area (Å²) in [7, 11) is 0. The Morgan fingerprint density at radius 3 is 2.72 bits per heavy atom. The number of nitrogens with zero attached hydrogens (tertiary/aromatic N) is 3. The molecule has 1 N–H and O–H groups in total. The molecule has 0 aliphatic heterocycles. The van der Waals surface area contributed by atoms with Gasteiger partial charge in [0.15, 0.2) is 11.0 Å². The maximum atomic E-state index is 12.5. The summed E-state index contributed by atoms with van der Waals surface area (Å²) in [5.74, 6) is 1.36. The molecule has 3 aromatic rings. The highest BCUT2D eigenvalue weighted by molar-refractivity contribution is 7.99. The number of thioether (sulfide) groups is 1. The van der Waals surface area contributed by atoms with Crippen LogP contribution in [-0.4, -0.2) is 32.5 Å². The predicted molar refractivity (Wildman–Crippen MR) is 122 cm³/mol. The van der Waals surface area contributed by atoms with Crippen LogP contribution in [0.15, 0.2) is 34.8 Å². The molecule has 0 unspecified atom stereocenters. The average Bonchev–Trinajstić information content (AvgIpc) is 3.23. The molecular formula is C22H28N4OS2. The lowest BCUT2D eigenvalue weighted by Gasteiger charge is -2.16. The van der Waals surface area contributed by atoms with Crippen molar-refractivity contribution < 1.29 is 4.79 Å². The first-order valence-corrected chi connectivity index (χ1v) is 12.3. The first-order valence-electron chi connectivity index (χ1n) is 10.5. The van der Waals surface area contributed by atoms with Gasteiger partial charge < -0.3 is 5.32 Å². The van der Waals surface area contributed by atoms with Crippen molar-refractivity contribution in [1.82, 2.24) is 20.1 Å². The summed E-state index contributed by atoms with van der Waals surface area (Å²) in [4.78, 5) is 12.5. The Balaban J connectivity index is 1.49. The van der Waals surface area contributed by atoms with Gasteiger partial charge in [0.2, 0.25) is 5.91 Å². The minimum Gasteiger partial charge on any atom is -0.353 e. The number of hydrogen-bond donors (Lipinski definition) is 1. The molecule has 1 amide bonds. The van der Waals surface area contributed by atoms with Crippen LogP contribution in [0.5, 0.6) is 0 Å². The Kier molecular flexibility index (Phi) is 6.55. The van der Waals surface area contributed by atoms with E-state index in [0.29, 0.717) is 11.8 Å². The second-order valence-corrected chi connectivity index (χ2v) is 9.81. The van der Waals surface area contributed by atoms with Crippen molar-refractivity contribution in [3.8, 4) is 11.4 Å². The van der Waals surface area contributed by atoms with Gasteiger partial charge in [0, 0.05) is 33.1 Å². The van der Waals surface area contributed by atoms with Crippen LogP contribution in [0.1, 0.15) is 58.4 Å². The third-order valence-electron chi connectivity index (χ3n) is 5.46. The highest BCUT2D eigenvalue weighted by Gasteiger charge is 2.21. The summed E-state index contributed by atoms with van der Waals surface area (Å²) in [6.45, 7) is 4.27. The van der Waals surface area contributed by atoms with Gasteiger partial charge in [-0.2, -0.15) is 0 Å². The number of aromatic nitrogens is 3. The molecule has 7 heteroatoms. The van der Waals surface area contributed by atoms with Crippen LogP contribution in [0.4, 0.5) is 0 Å². The molecule has 0 atom stereocenters. The molecule has 1 saturated carbocycles. The number of thiophene rings is 1. The van der Waals surface area contributed by atoms with E-state index in [1.54, 1.807) is 11.3 Å². The number of benzene rings is 1. The van der Waals surface area contributed by atoms with Crippen molar-refractivity contribution >= 4 is 39.1 Å². The van der Waals surface area contributed by atoms with Gasteiger partial charge in [0.1, 0.15) is 0 Å². The van der Waals surface area contributed by atoms with E-state index >= 15 is 0 Å². The fourth-order valence-corrected chi connectivity index (χ4v) is 5.82. The molecule has 1 fully saturated rings. The topological polar surface area (TPSA) is 59.8 Å². The number of nitrogens with one attached hydrogen (secondary N) is 1. The lowest BCUT2D eigenvalue weighted by atomic mass is 10.1. The zero-order chi connectivity index (χ0) is 20.2. The van der Waals surface area contributed by atoms with Gasteiger partial charge in [0.25, 0.3) is 0 Å². The Labute approximate surface area is 180 Å². The lowest BCUT2D eigenvalue weighted by molar-refractivity contribution is -0.119. The van der Waals surface area contributed by atoms with Crippen LogP contribution in [-0.2, 0) is 4.79 Å². The maximum Gasteiger partial charge on any atom is 0.230 e. The van der Waals surface area contributed by atoms with Crippen LogP contribution in [0.25, 0.3) is 21.5 Å². The van der Waals surface area contributed by atoms with E-state index in [4.69, 9.17) is 0 Å². The smallest absolute Gasteiger partial charge is 0.230 e. The van der Waals surface area contributed by atoms with E-state index in [-0.39, 0.29) is 11.9 Å². The lowest BCUT2D eigenvalue weighted by Crippen LogP contribution is -2.35. The van der Waals surface area contributed by atoms with Gasteiger partial charge in [-0.1, -0.05) is 55.6 Å². The summed E-state index contributed by atoms with van der Waals surface area (Å²) in [6, 6.07) is 8.93. The summed E-state index contributed by atoms with van der Waals surface area (Å²) in [5.41, 5.74) is 1.11. The van der Waals surface area contributed by atoms with E-state index in [0.717, 1.165) is 29.4 Å². The third-order valence-corrected chi connectivity index (χ3v) is 7.36. The van der Waals surface area contributed by atoms with Gasteiger partial charge >= 0.3 is 0 Å². The SMILES string of the molecule is CC(C)n1c(SCC(=O)NC2CCCCCC2)nnc1-c1csc2ccccc12. The number of amides is 1. The van der Waals surface area contributed by atoms with E-state index in [1.807, 2.05) is 0 Å². The van der Waals surface area contributed by atoms with E-state index in [1.165, 1.54) is 47.5 Å². The van der Waals surface area contributed by atoms with Gasteiger partial charge in [-0.3, -0.25) is 9.36 Å². The normalized spacial score (nSPS) is 15.7. The van der Waals surface area contributed by atoms with Crippen LogP contribution in [0, 0.1) is 0 Å². The Morgan fingerprint density at radius 1 is 1.21 bits per heavy atom. The van der Waals surface area contributed by atoms with Crippen molar-refractivity contribution in [2.75, 3.05) is 5.75 Å². The summed E-state index contributed by atoms with van der Waals surface area (Å²) in [5, 5.41) is 16.3. The fourth-order valence-electron chi connectivity index (χ4n) is 4.00. The van der Waals surface area contributed by atoms with Crippen molar-refractivity contribution in [3.05, 3.63) is 29.6 Å². The Morgan fingerprint density at radius 2 is 1.97 bits per heavy atom. The fraction of sp³-hybridized carbons (Fsp3) is 0.500. The minimum absolute atomic E-state index is 0.0998. The molecule has 1 aliphatic carbocycles. The standard InChI is InChI=1S/C22H28N4OS2/c1-15(2)26-21(18-13-28-19-12-8-7-11-17(18)19)24-25-22(26)29-14-20(27)23-16-9-5-3-4-6-10-16/h7-8,11-13,15-16H,3-6,9-10,14H2,1-2H3,(H,23,27). The van der Waals surface area contributed by atoms with Gasteiger partial charge in [-0.15, -0.1) is 21.5 Å². The van der Waals surface area contributed by atoms with Gasteiger partial charge in [-0.05, 0) is 32.8 Å². The molecule has 2 heterocycles. The van der Waals surface area contributed by atoms with Gasteiger partial charge in [-0.25, -0.2) is 0 Å². The molecule has 29 heavy (non-hydrogen) atoms. The number of hydrogen-bond acceptors (Lipinski definition) is 5. The number of fused-ring (bicyclic) bond motifs is 1. The van der Waals surface area contributed by atoms with Crippen molar-refractivity contribution in [2.24, 2.45) is 0 Å². The molecule has 0 bridgehead atoms. The molecule has 1 aliphatic rings. The van der Waals surface area contributed by atoms with Gasteiger partial charge in [0.05, 0.1) is 5.75 Å². The van der Waals surface area contributed by atoms with Crippen molar-refractivity contribution in [1.29, 1.82) is 0 Å². The summed E-state index contributed by atoms with van der Waals surface area (Å²) < 4.78 is 3.40. The molecule has 2 aromatic heterocycles. The van der Waals surface area contributed by atoms with Crippen molar-refractivity contribution in [3.63, 3.8) is 0 Å². The second-order valence-electron chi connectivity index (χ2n) is 7.96. The zero-order valence-corrected chi connectivity index (χ0v) is 18.7. The largest absolute Gasteiger partial charge is 0.353 e. The maximum absolute atomic E-state index is 12.5. The molecule has 0 spiro atoms. The number of carbonyl (C=O) groups excluding carboxylic acids is 1.